The molecule has 0 aliphatic carbocycles. The Labute approximate surface area is 124 Å². The minimum Gasteiger partial charge on any atom is -0.486 e. The normalized spacial score (nSPS) is 10.5. The third-order valence-electron chi connectivity index (χ3n) is 2.75. The average Bonchev–Trinajstić information content (AvgIpc) is 2.84. The fraction of sp³-hybridized carbons (Fsp3) is 0.312. The highest BCUT2D eigenvalue weighted by molar-refractivity contribution is 7.09. The van der Waals surface area contributed by atoms with Crippen LogP contribution in [-0.2, 0) is 13.2 Å². The number of benzene rings is 1. The Morgan fingerprint density at radius 2 is 2.05 bits per heavy atom. The number of hydrogen-bond acceptors (Lipinski definition) is 4. The zero-order valence-electron chi connectivity index (χ0n) is 12.0. The van der Waals surface area contributed by atoms with Gasteiger partial charge in [-0.25, -0.2) is 4.98 Å². The number of nitrogens with one attached hydrogen (secondary N) is 1. The largest absolute Gasteiger partial charge is 0.486 e. The van der Waals surface area contributed by atoms with Gasteiger partial charge in [0.2, 0.25) is 0 Å². The Morgan fingerprint density at radius 3 is 2.75 bits per heavy atom. The number of aromatic nitrogens is 1. The van der Waals surface area contributed by atoms with Gasteiger partial charge in [-0.05, 0) is 37.1 Å². The van der Waals surface area contributed by atoms with Crippen LogP contribution in [0.2, 0.25) is 0 Å². The summed E-state index contributed by atoms with van der Waals surface area (Å²) < 4.78 is 5.80. The van der Waals surface area contributed by atoms with E-state index in [1.54, 1.807) is 11.3 Å². The van der Waals surface area contributed by atoms with Crippen molar-refractivity contribution in [3.8, 4) is 5.75 Å². The Balaban J connectivity index is 1.88. The van der Waals surface area contributed by atoms with Crippen LogP contribution in [0.5, 0.6) is 5.75 Å². The first-order chi connectivity index (χ1) is 9.67. The van der Waals surface area contributed by atoms with Crippen LogP contribution in [0.1, 0.15) is 21.8 Å². The molecule has 0 radical (unpaired) electrons. The van der Waals surface area contributed by atoms with Crippen LogP contribution in [0.15, 0.2) is 36.2 Å². The number of aryl methyl sites for hydroxylation is 2. The van der Waals surface area contributed by atoms with Gasteiger partial charge in [-0.1, -0.05) is 12.1 Å². The number of hydrogen-bond donors (Lipinski definition) is 1. The molecule has 0 aliphatic heterocycles. The molecule has 0 aliphatic rings. The Bertz CT molecular complexity index is 557. The van der Waals surface area contributed by atoms with E-state index in [9.17, 15) is 0 Å². The van der Waals surface area contributed by atoms with Crippen molar-refractivity contribution >= 4 is 11.3 Å². The van der Waals surface area contributed by atoms with Crippen molar-refractivity contribution in [1.29, 1.82) is 0 Å². The first-order valence-electron chi connectivity index (χ1n) is 6.63. The molecule has 1 heterocycles. The van der Waals surface area contributed by atoms with E-state index < -0.39 is 0 Å². The van der Waals surface area contributed by atoms with Crippen molar-refractivity contribution in [3.05, 3.63) is 58.1 Å². The maximum Gasteiger partial charge on any atom is 0.140 e. The van der Waals surface area contributed by atoms with Crippen molar-refractivity contribution in [2.75, 3.05) is 6.54 Å². The molecule has 0 bridgehead atoms. The van der Waals surface area contributed by atoms with E-state index in [1.807, 2.05) is 18.2 Å². The highest BCUT2D eigenvalue weighted by Crippen LogP contribution is 2.18. The van der Waals surface area contributed by atoms with Gasteiger partial charge in [-0.15, -0.1) is 17.9 Å². The molecule has 1 aromatic carbocycles. The summed E-state index contributed by atoms with van der Waals surface area (Å²) in [4.78, 5) is 4.54. The summed E-state index contributed by atoms with van der Waals surface area (Å²) in [7, 11) is 0. The second-order valence-electron chi connectivity index (χ2n) is 4.76. The van der Waals surface area contributed by atoms with Crippen molar-refractivity contribution < 1.29 is 4.74 Å². The fourth-order valence-electron chi connectivity index (χ4n) is 1.96. The SMILES string of the molecule is C=CCNCc1csc(COc2cc(C)cc(C)c2)n1. The molecule has 0 saturated heterocycles. The van der Waals surface area contributed by atoms with Crippen LogP contribution < -0.4 is 10.1 Å². The van der Waals surface area contributed by atoms with Gasteiger partial charge in [0.15, 0.2) is 0 Å². The lowest BCUT2D eigenvalue weighted by Crippen LogP contribution is -2.12. The minimum absolute atomic E-state index is 0.523. The van der Waals surface area contributed by atoms with Crippen LogP contribution in [-0.4, -0.2) is 11.5 Å². The quantitative estimate of drug-likeness (QED) is 0.624. The molecule has 0 unspecified atom stereocenters. The number of ether oxygens (including phenoxy) is 1. The molecule has 0 atom stereocenters. The monoisotopic (exact) mass is 288 g/mol. The molecule has 2 rings (SSSR count). The van der Waals surface area contributed by atoms with Crippen LogP contribution in [0.3, 0.4) is 0 Å². The van der Waals surface area contributed by atoms with Crippen LogP contribution in [0, 0.1) is 13.8 Å². The summed E-state index contributed by atoms with van der Waals surface area (Å²) in [5.74, 6) is 0.907. The first kappa shape index (κ1) is 14.8. The summed E-state index contributed by atoms with van der Waals surface area (Å²) in [6.45, 7) is 9.92. The van der Waals surface area contributed by atoms with Crippen molar-refractivity contribution in [3.63, 3.8) is 0 Å². The molecule has 1 aromatic heterocycles. The summed E-state index contributed by atoms with van der Waals surface area (Å²) >= 11 is 1.63. The lowest BCUT2D eigenvalue weighted by Gasteiger charge is -2.06. The topological polar surface area (TPSA) is 34.1 Å². The lowest BCUT2D eigenvalue weighted by atomic mass is 10.1. The van der Waals surface area contributed by atoms with Crippen molar-refractivity contribution in [1.82, 2.24) is 10.3 Å². The number of rotatable bonds is 7. The predicted molar refractivity (Wildman–Crippen MR) is 84.3 cm³/mol. The van der Waals surface area contributed by atoms with E-state index in [1.165, 1.54) is 11.1 Å². The molecule has 1 N–H and O–H groups in total. The average molecular weight is 288 g/mol. The van der Waals surface area contributed by atoms with Crippen LogP contribution in [0.4, 0.5) is 0 Å². The molecule has 4 heteroatoms. The molecule has 0 amide bonds. The van der Waals surface area contributed by atoms with E-state index in [2.05, 4.69) is 42.2 Å². The van der Waals surface area contributed by atoms with E-state index >= 15 is 0 Å². The lowest BCUT2D eigenvalue weighted by molar-refractivity contribution is 0.305. The van der Waals surface area contributed by atoms with E-state index in [-0.39, 0.29) is 0 Å². The predicted octanol–water partition coefficient (Wildman–Crippen LogP) is 3.61. The highest BCUT2D eigenvalue weighted by Gasteiger charge is 2.03. The first-order valence-corrected chi connectivity index (χ1v) is 7.51. The highest BCUT2D eigenvalue weighted by atomic mass is 32.1. The molecule has 3 nitrogen and oxygen atoms in total. The van der Waals surface area contributed by atoms with E-state index in [0.717, 1.165) is 29.5 Å². The van der Waals surface area contributed by atoms with Gasteiger partial charge >= 0.3 is 0 Å². The summed E-state index contributed by atoms with van der Waals surface area (Å²) in [5.41, 5.74) is 3.48. The molecular formula is C16H20N2OS. The van der Waals surface area contributed by atoms with Gasteiger partial charge in [-0.3, -0.25) is 0 Å². The van der Waals surface area contributed by atoms with Gasteiger partial charge in [0, 0.05) is 18.5 Å². The third-order valence-corrected chi connectivity index (χ3v) is 3.62. The molecule has 20 heavy (non-hydrogen) atoms. The number of nitrogens with zero attached hydrogens (tertiary/aromatic N) is 1. The summed E-state index contributed by atoms with van der Waals surface area (Å²) in [5, 5.41) is 6.30. The van der Waals surface area contributed by atoms with E-state index in [0.29, 0.717) is 6.61 Å². The van der Waals surface area contributed by atoms with E-state index in [4.69, 9.17) is 4.74 Å². The maximum atomic E-state index is 5.80. The maximum absolute atomic E-state index is 5.80. The molecular weight excluding hydrogens is 268 g/mol. The third kappa shape index (κ3) is 4.47. The summed E-state index contributed by atoms with van der Waals surface area (Å²) in [6.07, 6.45) is 1.84. The second-order valence-corrected chi connectivity index (χ2v) is 5.71. The van der Waals surface area contributed by atoms with Gasteiger partial charge in [0.1, 0.15) is 17.4 Å². The molecule has 0 fully saturated rings. The van der Waals surface area contributed by atoms with Crippen molar-refractivity contribution in [2.24, 2.45) is 0 Å². The second kappa shape index (κ2) is 7.22. The Hall–Kier alpha value is -1.65. The minimum atomic E-state index is 0.523. The molecule has 0 saturated carbocycles. The standard InChI is InChI=1S/C16H20N2OS/c1-4-5-17-9-14-11-20-16(18-14)10-19-15-7-12(2)6-13(3)8-15/h4,6-8,11,17H,1,5,9-10H2,2-3H3. The Morgan fingerprint density at radius 1 is 1.30 bits per heavy atom. The molecule has 2 aromatic rings. The zero-order valence-corrected chi connectivity index (χ0v) is 12.8. The van der Waals surface area contributed by atoms with Gasteiger partial charge in [0.05, 0.1) is 5.69 Å². The van der Waals surface area contributed by atoms with Crippen molar-refractivity contribution in [2.45, 2.75) is 27.0 Å². The van der Waals surface area contributed by atoms with Gasteiger partial charge in [0.25, 0.3) is 0 Å². The molecule has 106 valence electrons. The smallest absolute Gasteiger partial charge is 0.140 e. The summed E-state index contributed by atoms with van der Waals surface area (Å²) in [6, 6.07) is 6.24. The molecule has 0 spiro atoms. The van der Waals surface area contributed by atoms with Gasteiger partial charge in [-0.2, -0.15) is 0 Å². The fourth-order valence-corrected chi connectivity index (χ4v) is 2.67. The zero-order chi connectivity index (χ0) is 14.4. The van der Waals surface area contributed by atoms with Crippen LogP contribution in [0.25, 0.3) is 0 Å². The number of thiazole rings is 1. The Kier molecular flexibility index (Phi) is 5.32. The van der Waals surface area contributed by atoms with Crippen LogP contribution >= 0.6 is 11.3 Å². The van der Waals surface area contributed by atoms with Gasteiger partial charge < -0.3 is 10.1 Å².